The molecule has 68 valence electrons. The highest BCUT2D eigenvalue weighted by Crippen LogP contribution is 1.98. The summed E-state index contributed by atoms with van der Waals surface area (Å²) in [5.41, 5.74) is 5.79. The third-order valence-electron chi connectivity index (χ3n) is 1.64. The predicted octanol–water partition coefficient (Wildman–Crippen LogP) is 1.93. The molecule has 1 atom stereocenters. The zero-order valence-corrected chi connectivity index (χ0v) is 7.81. The molecule has 11 heavy (non-hydrogen) atoms. The molecule has 0 rings (SSSR count). The molecule has 0 heterocycles. The Morgan fingerprint density at radius 2 is 1.82 bits per heavy atom. The Balaban J connectivity index is 2.97. The molecule has 0 aliphatic heterocycles. The van der Waals surface area contributed by atoms with Gasteiger partial charge in [-0.1, -0.05) is 20.3 Å². The number of hydrogen-bond donors (Lipinski definition) is 1. The molecule has 0 bridgehead atoms. The van der Waals surface area contributed by atoms with Crippen molar-refractivity contribution in [1.29, 1.82) is 0 Å². The lowest BCUT2D eigenvalue weighted by molar-refractivity contribution is 0.127. The van der Waals surface area contributed by atoms with Crippen molar-refractivity contribution < 1.29 is 4.74 Å². The SMILES string of the molecule is CCCOCCC(N)CCC. The maximum atomic E-state index is 5.79. The molecular formula is C9H21NO. The minimum absolute atomic E-state index is 0.344. The molecule has 0 aromatic carbocycles. The largest absolute Gasteiger partial charge is 0.381 e. The van der Waals surface area contributed by atoms with Gasteiger partial charge in [-0.3, -0.25) is 0 Å². The van der Waals surface area contributed by atoms with Crippen molar-refractivity contribution in [3.8, 4) is 0 Å². The van der Waals surface area contributed by atoms with E-state index in [2.05, 4.69) is 13.8 Å². The Morgan fingerprint density at radius 1 is 1.09 bits per heavy atom. The van der Waals surface area contributed by atoms with Gasteiger partial charge >= 0.3 is 0 Å². The van der Waals surface area contributed by atoms with E-state index in [-0.39, 0.29) is 0 Å². The maximum absolute atomic E-state index is 5.79. The lowest BCUT2D eigenvalue weighted by Crippen LogP contribution is -2.21. The molecule has 2 nitrogen and oxygen atoms in total. The monoisotopic (exact) mass is 159 g/mol. The minimum Gasteiger partial charge on any atom is -0.381 e. The third-order valence-corrected chi connectivity index (χ3v) is 1.64. The van der Waals surface area contributed by atoms with Gasteiger partial charge in [-0.2, -0.15) is 0 Å². The molecule has 0 fully saturated rings. The highest BCUT2D eigenvalue weighted by atomic mass is 16.5. The molecule has 0 aromatic heterocycles. The molecule has 0 saturated heterocycles. The van der Waals surface area contributed by atoms with Gasteiger partial charge in [0, 0.05) is 19.3 Å². The van der Waals surface area contributed by atoms with Gasteiger partial charge in [-0.25, -0.2) is 0 Å². The Hall–Kier alpha value is -0.0800. The number of rotatable bonds is 7. The van der Waals surface area contributed by atoms with Crippen LogP contribution in [0.25, 0.3) is 0 Å². The van der Waals surface area contributed by atoms with Crippen LogP contribution in [-0.4, -0.2) is 19.3 Å². The molecular weight excluding hydrogens is 138 g/mol. The molecule has 2 N–H and O–H groups in total. The van der Waals surface area contributed by atoms with Gasteiger partial charge in [-0.05, 0) is 19.3 Å². The first-order valence-corrected chi connectivity index (χ1v) is 4.64. The van der Waals surface area contributed by atoms with Crippen LogP contribution in [0.2, 0.25) is 0 Å². The van der Waals surface area contributed by atoms with E-state index in [1.807, 2.05) is 0 Å². The maximum Gasteiger partial charge on any atom is 0.0480 e. The van der Waals surface area contributed by atoms with Crippen molar-refractivity contribution >= 4 is 0 Å². The van der Waals surface area contributed by atoms with Crippen molar-refractivity contribution in [1.82, 2.24) is 0 Å². The smallest absolute Gasteiger partial charge is 0.0480 e. The summed E-state index contributed by atoms with van der Waals surface area (Å²) in [5.74, 6) is 0. The van der Waals surface area contributed by atoms with E-state index in [1.54, 1.807) is 0 Å². The van der Waals surface area contributed by atoms with Crippen molar-refractivity contribution in [2.24, 2.45) is 5.73 Å². The Kier molecular flexibility index (Phi) is 7.96. The molecule has 0 aliphatic rings. The lowest BCUT2D eigenvalue weighted by Gasteiger charge is -2.09. The van der Waals surface area contributed by atoms with E-state index >= 15 is 0 Å². The number of ether oxygens (including phenoxy) is 1. The van der Waals surface area contributed by atoms with E-state index < -0.39 is 0 Å². The van der Waals surface area contributed by atoms with Crippen LogP contribution in [0.15, 0.2) is 0 Å². The van der Waals surface area contributed by atoms with E-state index in [9.17, 15) is 0 Å². The van der Waals surface area contributed by atoms with Crippen LogP contribution in [0.5, 0.6) is 0 Å². The molecule has 2 heteroatoms. The Bertz CT molecular complexity index is 76.0. The average Bonchev–Trinajstić information content (AvgIpc) is 1.99. The third kappa shape index (κ3) is 7.82. The van der Waals surface area contributed by atoms with Gasteiger partial charge in [0.15, 0.2) is 0 Å². The van der Waals surface area contributed by atoms with Gasteiger partial charge < -0.3 is 10.5 Å². The van der Waals surface area contributed by atoms with Crippen molar-refractivity contribution in [3.05, 3.63) is 0 Å². The quantitative estimate of drug-likeness (QED) is 0.576. The summed E-state index contributed by atoms with van der Waals surface area (Å²) in [5, 5.41) is 0. The summed E-state index contributed by atoms with van der Waals surface area (Å²) >= 11 is 0. The summed E-state index contributed by atoms with van der Waals surface area (Å²) in [7, 11) is 0. The molecule has 0 saturated carbocycles. The van der Waals surface area contributed by atoms with Crippen LogP contribution in [0.3, 0.4) is 0 Å². The van der Waals surface area contributed by atoms with Crippen LogP contribution >= 0.6 is 0 Å². The molecule has 1 unspecified atom stereocenters. The van der Waals surface area contributed by atoms with Crippen molar-refractivity contribution in [2.75, 3.05) is 13.2 Å². The number of nitrogens with two attached hydrogens (primary N) is 1. The summed E-state index contributed by atoms with van der Waals surface area (Å²) < 4.78 is 5.32. The average molecular weight is 159 g/mol. The highest BCUT2D eigenvalue weighted by Gasteiger charge is 1.99. The predicted molar refractivity (Wildman–Crippen MR) is 48.6 cm³/mol. The van der Waals surface area contributed by atoms with Crippen LogP contribution in [-0.2, 0) is 4.74 Å². The second-order valence-electron chi connectivity index (χ2n) is 2.95. The molecule has 0 amide bonds. The van der Waals surface area contributed by atoms with Crippen LogP contribution in [0.4, 0.5) is 0 Å². The van der Waals surface area contributed by atoms with E-state index in [0.29, 0.717) is 6.04 Å². The van der Waals surface area contributed by atoms with Crippen LogP contribution < -0.4 is 5.73 Å². The van der Waals surface area contributed by atoms with Gasteiger partial charge in [0.25, 0.3) is 0 Å². The zero-order valence-electron chi connectivity index (χ0n) is 7.81. The summed E-state index contributed by atoms with van der Waals surface area (Å²) in [6.07, 6.45) is 4.40. The normalized spacial score (nSPS) is 13.4. The second kappa shape index (κ2) is 8.02. The van der Waals surface area contributed by atoms with Crippen LogP contribution in [0, 0.1) is 0 Å². The molecule has 0 aromatic rings. The van der Waals surface area contributed by atoms with Crippen molar-refractivity contribution in [3.63, 3.8) is 0 Å². The lowest BCUT2D eigenvalue weighted by atomic mass is 10.1. The highest BCUT2D eigenvalue weighted by molar-refractivity contribution is 4.58. The van der Waals surface area contributed by atoms with Gasteiger partial charge in [0.05, 0.1) is 0 Å². The van der Waals surface area contributed by atoms with Gasteiger partial charge in [-0.15, -0.1) is 0 Å². The fraction of sp³-hybridized carbons (Fsp3) is 1.00. The molecule has 0 aliphatic carbocycles. The first-order valence-electron chi connectivity index (χ1n) is 4.64. The number of hydrogen-bond acceptors (Lipinski definition) is 2. The summed E-state index contributed by atoms with van der Waals surface area (Å²) in [4.78, 5) is 0. The fourth-order valence-electron chi connectivity index (χ4n) is 0.996. The van der Waals surface area contributed by atoms with E-state index in [1.165, 1.54) is 6.42 Å². The Morgan fingerprint density at radius 3 is 2.36 bits per heavy atom. The fourth-order valence-corrected chi connectivity index (χ4v) is 0.996. The topological polar surface area (TPSA) is 35.2 Å². The summed E-state index contributed by atoms with van der Waals surface area (Å²) in [6.45, 7) is 5.98. The van der Waals surface area contributed by atoms with E-state index in [0.717, 1.165) is 32.5 Å². The van der Waals surface area contributed by atoms with Gasteiger partial charge in [0.1, 0.15) is 0 Å². The van der Waals surface area contributed by atoms with Crippen molar-refractivity contribution in [2.45, 2.75) is 45.6 Å². The molecule has 0 spiro atoms. The van der Waals surface area contributed by atoms with Crippen LogP contribution in [0.1, 0.15) is 39.5 Å². The first-order chi connectivity index (χ1) is 5.31. The minimum atomic E-state index is 0.344. The summed E-state index contributed by atoms with van der Waals surface area (Å²) in [6, 6.07) is 0.344. The standard InChI is InChI=1S/C9H21NO/c1-3-5-9(10)6-8-11-7-4-2/h9H,3-8,10H2,1-2H3. The van der Waals surface area contributed by atoms with E-state index in [4.69, 9.17) is 10.5 Å². The second-order valence-corrected chi connectivity index (χ2v) is 2.95. The zero-order chi connectivity index (χ0) is 8.53. The van der Waals surface area contributed by atoms with Gasteiger partial charge in [0.2, 0.25) is 0 Å². The Labute approximate surface area is 70.1 Å². The first kappa shape index (κ1) is 10.9. The molecule has 0 radical (unpaired) electrons.